The van der Waals surface area contributed by atoms with Gasteiger partial charge >= 0.3 is 0 Å². The van der Waals surface area contributed by atoms with Crippen molar-refractivity contribution in [3.05, 3.63) is 45.6 Å². The molecule has 2 aromatic rings. The standard InChI is InChI=1S/C10H7ClN2O2S/c11-5-10-12-6-9(16-10)7-1-3-8(4-2-7)13(14)15/h1-4,6H,5H2. The van der Waals surface area contributed by atoms with Crippen molar-refractivity contribution in [2.24, 2.45) is 0 Å². The highest BCUT2D eigenvalue weighted by atomic mass is 35.5. The topological polar surface area (TPSA) is 56.0 Å². The van der Waals surface area contributed by atoms with Crippen LogP contribution >= 0.6 is 22.9 Å². The van der Waals surface area contributed by atoms with Gasteiger partial charge in [-0.15, -0.1) is 22.9 Å². The van der Waals surface area contributed by atoms with Crippen LogP contribution in [0.25, 0.3) is 10.4 Å². The fourth-order valence-electron chi connectivity index (χ4n) is 1.25. The van der Waals surface area contributed by atoms with Gasteiger partial charge in [-0.2, -0.15) is 0 Å². The first kappa shape index (κ1) is 11.0. The largest absolute Gasteiger partial charge is 0.269 e. The highest BCUT2D eigenvalue weighted by Crippen LogP contribution is 2.28. The van der Waals surface area contributed by atoms with E-state index in [0.29, 0.717) is 5.88 Å². The van der Waals surface area contributed by atoms with E-state index in [9.17, 15) is 10.1 Å². The van der Waals surface area contributed by atoms with Gasteiger partial charge in [-0.3, -0.25) is 10.1 Å². The third kappa shape index (κ3) is 2.20. The summed E-state index contributed by atoms with van der Waals surface area (Å²) in [6.07, 6.45) is 1.73. The molecule has 0 saturated carbocycles. The number of aromatic nitrogens is 1. The van der Waals surface area contributed by atoms with Crippen LogP contribution in [0.15, 0.2) is 30.5 Å². The molecule has 0 aliphatic rings. The van der Waals surface area contributed by atoms with E-state index in [4.69, 9.17) is 11.6 Å². The third-order valence-electron chi connectivity index (χ3n) is 2.03. The smallest absolute Gasteiger partial charge is 0.258 e. The van der Waals surface area contributed by atoms with Gasteiger partial charge in [0.25, 0.3) is 5.69 Å². The number of benzene rings is 1. The van der Waals surface area contributed by atoms with Crippen molar-refractivity contribution in [1.82, 2.24) is 4.98 Å². The van der Waals surface area contributed by atoms with Crippen LogP contribution in [0.5, 0.6) is 0 Å². The zero-order chi connectivity index (χ0) is 11.5. The summed E-state index contributed by atoms with van der Waals surface area (Å²) >= 11 is 7.14. The molecular formula is C10H7ClN2O2S. The SMILES string of the molecule is O=[N+]([O-])c1ccc(-c2cnc(CCl)s2)cc1. The maximum Gasteiger partial charge on any atom is 0.269 e. The molecule has 0 aliphatic carbocycles. The number of thiazole rings is 1. The van der Waals surface area contributed by atoms with Crippen molar-refractivity contribution in [2.45, 2.75) is 5.88 Å². The average molecular weight is 255 g/mol. The summed E-state index contributed by atoms with van der Waals surface area (Å²) in [5, 5.41) is 11.3. The molecule has 0 N–H and O–H groups in total. The van der Waals surface area contributed by atoms with Gasteiger partial charge in [0.1, 0.15) is 5.01 Å². The molecule has 0 amide bonds. The van der Waals surface area contributed by atoms with Gasteiger partial charge < -0.3 is 0 Å². The Bertz CT molecular complexity index is 510. The van der Waals surface area contributed by atoms with Crippen molar-refractivity contribution in [2.75, 3.05) is 0 Å². The lowest BCUT2D eigenvalue weighted by molar-refractivity contribution is -0.384. The fourth-order valence-corrected chi connectivity index (χ4v) is 2.26. The minimum Gasteiger partial charge on any atom is -0.258 e. The Morgan fingerprint density at radius 1 is 1.38 bits per heavy atom. The lowest BCUT2D eigenvalue weighted by Crippen LogP contribution is -1.86. The fraction of sp³-hybridized carbons (Fsp3) is 0.100. The Morgan fingerprint density at radius 2 is 2.06 bits per heavy atom. The predicted molar refractivity (Wildman–Crippen MR) is 63.8 cm³/mol. The molecule has 0 atom stereocenters. The number of nitro groups is 1. The van der Waals surface area contributed by atoms with Crippen LogP contribution < -0.4 is 0 Å². The van der Waals surface area contributed by atoms with Gasteiger partial charge in [-0.25, -0.2) is 4.98 Å². The minimum absolute atomic E-state index is 0.0887. The molecule has 16 heavy (non-hydrogen) atoms. The van der Waals surface area contributed by atoms with Gasteiger partial charge in [0.15, 0.2) is 0 Å². The molecule has 0 fully saturated rings. The quantitative estimate of drug-likeness (QED) is 0.479. The summed E-state index contributed by atoms with van der Waals surface area (Å²) in [5.74, 6) is 0.387. The maximum absolute atomic E-state index is 10.5. The lowest BCUT2D eigenvalue weighted by atomic mass is 10.2. The zero-order valence-electron chi connectivity index (χ0n) is 8.09. The lowest BCUT2D eigenvalue weighted by Gasteiger charge is -1.95. The molecule has 1 aromatic heterocycles. The number of nitrogens with zero attached hydrogens (tertiary/aromatic N) is 2. The van der Waals surface area contributed by atoms with Crippen LogP contribution in [0, 0.1) is 10.1 Å². The second-order valence-electron chi connectivity index (χ2n) is 3.06. The second kappa shape index (κ2) is 4.59. The first-order valence-electron chi connectivity index (χ1n) is 4.46. The zero-order valence-corrected chi connectivity index (χ0v) is 9.66. The number of nitro benzene ring substituents is 1. The van der Waals surface area contributed by atoms with Crippen LogP contribution in [0.2, 0.25) is 0 Å². The Morgan fingerprint density at radius 3 is 2.56 bits per heavy atom. The maximum atomic E-state index is 10.5. The Hall–Kier alpha value is -1.46. The first-order valence-corrected chi connectivity index (χ1v) is 5.81. The number of hydrogen-bond acceptors (Lipinski definition) is 4. The van der Waals surface area contributed by atoms with E-state index in [0.717, 1.165) is 15.4 Å². The number of hydrogen-bond donors (Lipinski definition) is 0. The summed E-state index contributed by atoms with van der Waals surface area (Å²) in [6.45, 7) is 0. The second-order valence-corrected chi connectivity index (χ2v) is 4.44. The van der Waals surface area contributed by atoms with Crippen LogP contribution in [0.4, 0.5) is 5.69 Å². The monoisotopic (exact) mass is 254 g/mol. The highest BCUT2D eigenvalue weighted by Gasteiger charge is 2.07. The molecule has 0 radical (unpaired) electrons. The molecule has 0 aliphatic heterocycles. The van der Waals surface area contributed by atoms with E-state index in [1.807, 2.05) is 0 Å². The summed E-state index contributed by atoms with van der Waals surface area (Å²) in [4.78, 5) is 15.1. The average Bonchev–Trinajstić information content (AvgIpc) is 2.77. The molecule has 4 nitrogen and oxygen atoms in total. The Balaban J connectivity index is 2.30. The highest BCUT2D eigenvalue weighted by molar-refractivity contribution is 7.15. The minimum atomic E-state index is -0.416. The van der Waals surface area contributed by atoms with E-state index in [2.05, 4.69) is 4.98 Å². The number of rotatable bonds is 3. The van der Waals surface area contributed by atoms with E-state index in [1.165, 1.54) is 23.5 Å². The molecule has 0 saturated heterocycles. The van der Waals surface area contributed by atoms with Crippen molar-refractivity contribution in [3.8, 4) is 10.4 Å². The van der Waals surface area contributed by atoms with Crippen molar-refractivity contribution >= 4 is 28.6 Å². The summed E-state index contributed by atoms with van der Waals surface area (Å²) in [7, 11) is 0. The van der Waals surface area contributed by atoms with Gasteiger partial charge in [-0.1, -0.05) is 0 Å². The molecule has 1 heterocycles. The van der Waals surface area contributed by atoms with Crippen LogP contribution in [0.1, 0.15) is 5.01 Å². The molecule has 2 rings (SSSR count). The number of non-ortho nitro benzene ring substituents is 1. The van der Waals surface area contributed by atoms with Gasteiger partial charge in [0.2, 0.25) is 0 Å². The van der Waals surface area contributed by atoms with Gasteiger partial charge in [-0.05, 0) is 17.7 Å². The van der Waals surface area contributed by atoms with E-state index in [-0.39, 0.29) is 5.69 Å². The van der Waals surface area contributed by atoms with Gasteiger partial charge in [0.05, 0.1) is 15.7 Å². The van der Waals surface area contributed by atoms with Crippen LogP contribution in [0.3, 0.4) is 0 Å². The molecular weight excluding hydrogens is 248 g/mol. The Kier molecular flexibility index (Phi) is 3.17. The van der Waals surface area contributed by atoms with E-state index >= 15 is 0 Å². The molecule has 82 valence electrons. The molecule has 0 unspecified atom stereocenters. The Labute approximate surface area is 101 Å². The van der Waals surface area contributed by atoms with Crippen molar-refractivity contribution < 1.29 is 4.92 Å². The summed E-state index contributed by atoms with van der Waals surface area (Å²) in [6, 6.07) is 6.39. The van der Waals surface area contributed by atoms with Crippen molar-refractivity contribution in [1.29, 1.82) is 0 Å². The van der Waals surface area contributed by atoms with Crippen LogP contribution in [-0.2, 0) is 5.88 Å². The first-order chi connectivity index (χ1) is 7.70. The molecule has 6 heteroatoms. The van der Waals surface area contributed by atoms with Crippen molar-refractivity contribution in [3.63, 3.8) is 0 Å². The van der Waals surface area contributed by atoms with E-state index in [1.54, 1.807) is 18.3 Å². The van der Waals surface area contributed by atoms with Gasteiger partial charge in [0, 0.05) is 18.3 Å². The predicted octanol–water partition coefficient (Wildman–Crippen LogP) is 3.46. The third-order valence-corrected chi connectivity index (χ3v) is 3.49. The summed E-state index contributed by atoms with van der Waals surface area (Å²) < 4.78 is 0. The molecule has 1 aromatic carbocycles. The summed E-state index contributed by atoms with van der Waals surface area (Å²) in [5.41, 5.74) is 1.00. The molecule has 0 spiro atoms. The number of alkyl halides is 1. The molecule has 0 bridgehead atoms. The normalized spacial score (nSPS) is 10.3. The number of halogens is 1. The van der Waals surface area contributed by atoms with Crippen LogP contribution in [-0.4, -0.2) is 9.91 Å². The van der Waals surface area contributed by atoms with E-state index < -0.39 is 4.92 Å².